The van der Waals surface area contributed by atoms with E-state index in [4.69, 9.17) is 0 Å². The number of nitrogens with one attached hydrogen (secondary N) is 2. The lowest BCUT2D eigenvalue weighted by molar-refractivity contribution is -0.140. The summed E-state index contributed by atoms with van der Waals surface area (Å²) in [5.74, 6) is -0.413. The first-order valence-corrected chi connectivity index (χ1v) is 8.61. The molecule has 0 spiro atoms. The fourth-order valence-electron chi connectivity index (χ4n) is 2.33. The number of carbonyl (C=O) groups is 3. The third kappa shape index (κ3) is 10.0. The van der Waals surface area contributed by atoms with Crippen LogP contribution in [0.15, 0.2) is 0 Å². The van der Waals surface area contributed by atoms with Gasteiger partial charge in [-0.3, -0.25) is 14.4 Å². The lowest BCUT2D eigenvalue weighted by atomic mass is 10.1. The zero-order valence-corrected chi connectivity index (χ0v) is 15.1. The zero-order valence-electron chi connectivity index (χ0n) is 15.1. The summed E-state index contributed by atoms with van der Waals surface area (Å²) in [5.41, 5.74) is 0. The van der Waals surface area contributed by atoms with Crippen LogP contribution >= 0.6 is 0 Å². The molecule has 1 atom stereocenters. The van der Waals surface area contributed by atoms with Crippen molar-refractivity contribution in [3.8, 4) is 0 Å². The van der Waals surface area contributed by atoms with Gasteiger partial charge in [-0.1, -0.05) is 26.2 Å². The molecule has 0 rings (SSSR count). The minimum Gasteiger partial charge on any atom is -0.354 e. The number of hydrogen-bond acceptors (Lipinski definition) is 4. The number of nitrogens with zero attached hydrogens (tertiary/aromatic N) is 1. The number of Topliss-reactive ketones (excluding diaryl/α,β-unsaturated/α-hetero) is 1. The number of amides is 2. The van der Waals surface area contributed by atoms with Crippen molar-refractivity contribution < 1.29 is 17.2 Å². The maximum absolute atomic E-state index is 12.3. The second kappa shape index (κ2) is 13.0. The van der Waals surface area contributed by atoms with Crippen LogP contribution in [0.5, 0.6) is 0 Å². The highest BCUT2D eigenvalue weighted by Gasteiger charge is 2.27. The summed E-state index contributed by atoms with van der Waals surface area (Å²) in [6.07, 6.45) is 5.37. The summed E-state index contributed by atoms with van der Waals surface area (Å²) >= 11 is 0. The molecule has 2 N–H and O–H groups in total. The van der Waals surface area contributed by atoms with Crippen LogP contribution in [-0.4, -0.2) is 55.7 Å². The van der Waals surface area contributed by atoms with E-state index < -0.39 is 6.04 Å². The maximum atomic E-state index is 12.3. The van der Waals surface area contributed by atoms with Crippen LogP contribution in [0.3, 0.4) is 0 Å². The smallest absolute Gasteiger partial charge is 0.243 e. The molecule has 0 aliphatic carbocycles. The van der Waals surface area contributed by atoms with Gasteiger partial charge in [-0.2, -0.15) is 0 Å². The molecular weight excluding hydrogens is 294 g/mol. The highest BCUT2D eigenvalue weighted by molar-refractivity contribution is 5.91. The van der Waals surface area contributed by atoms with Gasteiger partial charge in [-0.05, 0) is 33.4 Å². The standard InChI is InChI=1S/C17H33N3O3.2H2/c1-5-6-7-8-10-16(22)20(4)15(13-14(2)21)17(23)19-12-9-11-18-3;;/h15,18H,5-13H2,1-4H3,(H,19,23);2*1H. The summed E-state index contributed by atoms with van der Waals surface area (Å²) in [5, 5.41) is 5.82. The molecule has 0 saturated heterocycles. The molecule has 0 saturated carbocycles. The van der Waals surface area contributed by atoms with Gasteiger partial charge in [0.05, 0.1) is 0 Å². The number of likely N-dealkylation sites (N-methyl/N-ethyl adjacent to an activating group) is 1. The van der Waals surface area contributed by atoms with E-state index in [1.165, 1.54) is 11.8 Å². The van der Waals surface area contributed by atoms with Gasteiger partial charge in [-0.15, -0.1) is 0 Å². The van der Waals surface area contributed by atoms with Gasteiger partial charge in [0.1, 0.15) is 11.8 Å². The first-order valence-electron chi connectivity index (χ1n) is 8.61. The van der Waals surface area contributed by atoms with Crippen molar-refractivity contribution in [2.45, 2.75) is 64.8 Å². The Labute approximate surface area is 143 Å². The molecule has 23 heavy (non-hydrogen) atoms. The van der Waals surface area contributed by atoms with Crippen LogP contribution in [0.1, 0.15) is 61.6 Å². The summed E-state index contributed by atoms with van der Waals surface area (Å²) in [6.45, 7) is 4.91. The zero-order chi connectivity index (χ0) is 17.7. The second-order valence-corrected chi connectivity index (χ2v) is 5.99. The Bertz CT molecular complexity index is 382. The Kier molecular flexibility index (Phi) is 12.2. The molecular formula is C17H37N3O3. The van der Waals surface area contributed by atoms with Gasteiger partial charge in [-0.25, -0.2) is 0 Å². The predicted molar refractivity (Wildman–Crippen MR) is 96.4 cm³/mol. The fourth-order valence-corrected chi connectivity index (χ4v) is 2.33. The van der Waals surface area contributed by atoms with Crippen LogP contribution in [0, 0.1) is 0 Å². The molecule has 0 aliphatic rings. The molecule has 1 unspecified atom stereocenters. The Hall–Kier alpha value is -1.43. The van der Waals surface area contributed by atoms with E-state index in [0.29, 0.717) is 13.0 Å². The summed E-state index contributed by atoms with van der Waals surface area (Å²) in [7, 11) is 3.47. The average Bonchev–Trinajstić information content (AvgIpc) is 2.52. The molecule has 6 nitrogen and oxygen atoms in total. The van der Waals surface area contributed by atoms with Gasteiger partial charge in [0, 0.05) is 29.3 Å². The van der Waals surface area contributed by atoms with E-state index >= 15 is 0 Å². The van der Waals surface area contributed by atoms with Crippen LogP contribution in [0.4, 0.5) is 0 Å². The van der Waals surface area contributed by atoms with Crippen molar-refractivity contribution in [1.29, 1.82) is 0 Å². The van der Waals surface area contributed by atoms with Crippen molar-refractivity contribution in [1.82, 2.24) is 15.5 Å². The minimum atomic E-state index is -0.708. The third-order valence-corrected chi connectivity index (χ3v) is 3.79. The van der Waals surface area contributed by atoms with E-state index in [1.54, 1.807) is 7.05 Å². The molecule has 0 fully saturated rings. The summed E-state index contributed by atoms with van der Waals surface area (Å²) < 4.78 is 0. The monoisotopic (exact) mass is 331 g/mol. The molecule has 138 valence electrons. The van der Waals surface area contributed by atoms with Crippen molar-refractivity contribution in [2.75, 3.05) is 27.2 Å². The first kappa shape index (κ1) is 21.6. The normalized spacial score (nSPS) is 11.8. The van der Waals surface area contributed by atoms with Crippen molar-refractivity contribution in [3.63, 3.8) is 0 Å². The molecule has 0 bridgehead atoms. The lowest BCUT2D eigenvalue weighted by Crippen LogP contribution is -2.48. The third-order valence-electron chi connectivity index (χ3n) is 3.79. The largest absolute Gasteiger partial charge is 0.354 e. The van der Waals surface area contributed by atoms with E-state index in [-0.39, 0.29) is 26.9 Å². The van der Waals surface area contributed by atoms with Gasteiger partial charge in [0.2, 0.25) is 11.8 Å². The number of hydrogen-bond donors (Lipinski definition) is 2. The van der Waals surface area contributed by atoms with Crippen LogP contribution in [-0.2, 0) is 14.4 Å². The van der Waals surface area contributed by atoms with Gasteiger partial charge >= 0.3 is 0 Å². The lowest BCUT2D eigenvalue weighted by Gasteiger charge is -2.27. The minimum absolute atomic E-state index is 0. The van der Waals surface area contributed by atoms with Crippen LogP contribution in [0.25, 0.3) is 0 Å². The molecule has 0 aromatic heterocycles. The second-order valence-electron chi connectivity index (χ2n) is 5.99. The van der Waals surface area contributed by atoms with E-state index in [0.717, 1.165) is 38.6 Å². The summed E-state index contributed by atoms with van der Waals surface area (Å²) in [4.78, 5) is 37.4. The molecule has 0 aliphatic heterocycles. The molecule has 2 amide bonds. The highest BCUT2D eigenvalue weighted by atomic mass is 16.2. The number of unbranched alkanes of at least 4 members (excludes halogenated alkanes) is 3. The Balaban J connectivity index is -0.00000242. The SMILES string of the molecule is CCCCCCC(=O)N(C)C(CC(C)=O)C(=O)NCCCNC.[HH].[HH]. The van der Waals surface area contributed by atoms with E-state index in [9.17, 15) is 14.4 Å². The molecule has 0 aromatic rings. The van der Waals surface area contributed by atoms with E-state index in [2.05, 4.69) is 17.6 Å². The van der Waals surface area contributed by atoms with Gasteiger partial charge in [0.25, 0.3) is 0 Å². The highest BCUT2D eigenvalue weighted by Crippen LogP contribution is 2.09. The predicted octanol–water partition coefficient (Wildman–Crippen LogP) is 1.98. The quantitative estimate of drug-likeness (QED) is 0.506. The number of ketones is 1. The van der Waals surface area contributed by atoms with Gasteiger partial charge in [0.15, 0.2) is 0 Å². The number of carbonyl (C=O) groups excluding carboxylic acids is 3. The average molecular weight is 332 g/mol. The maximum Gasteiger partial charge on any atom is 0.243 e. The summed E-state index contributed by atoms with van der Waals surface area (Å²) in [6, 6.07) is -0.708. The van der Waals surface area contributed by atoms with Gasteiger partial charge < -0.3 is 15.5 Å². The Morgan fingerprint density at radius 2 is 1.78 bits per heavy atom. The topological polar surface area (TPSA) is 78.5 Å². The van der Waals surface area contributed by atoms with Crippen molar-refractivity contribution >= 4 is 17.6 Å². The molecule has 0 heterocycles. The van der Waals surface area contributed by atoms with E-state index in [1.807, 2.05) is 7.05 Å². The first-order chi connectivity index (χ1) is 10.9. The van der Waals surface area contributed by atoms with Crippen LogP contribution < -0.4 is 10.6 Å². The molecule has 0 aromatic carbocycles. The van der Waals surface area contributed by atoms with Crippen molar-refractivity contribution in [3.05, 3.63) is 0 Å². The van der Waals surface area contributed by atoms with Crippen LogP contribution in [0.2, 0.25) is 0 Å². The molecule has 0 radical (unpaired) electrons. The van der Waals surface area contributed by atoms with Crippen molar-refractivity contribution in [2.24, 2.45) is 0 Å². The Morgan fingerprint density at radius 3 is 2.35 bits per heavy atom. The fraction of sp³-hybridized carbons (Fsp3) is 0.824. The molecule has 6 heteroatoms. The number of rotatable bonds is 13. The Morgan fingerprint density at radius 1 is 1.09 bits per heavy atom.